The van der Waals surface area contributed by atoms with Crippen LogP contribution in [0.3, 0.4) is 0 Å². The summed E-state index contributed by atoms with van der Waals surface area (Å²) in [4.78, 5) is 32.7. The minimum Gasteiger partial charge on any atom is -0.353 e. The van der Waals surface area contributed by atoms with E-state index in [0.29, 0.717) is 5.56 Å². The highest BCUT2D eigenvalue weighted by atomic mass is 16.6. The van der Waals surface area contributed by atoms with Crippen LogP contribution in [0.1, 0.15) is 27.5 Å². The molecule has 0 aliphatic heterocycles. The molecule has 182 valence electrons. The van der Waals surface area contributed by atoms with Crippen molar-refractivity contribution in [3.8, 4) is 0 Å². The van der Waals surface area contributed by atoms with Crippen LogP contribution in [-0.2, 0) is 0 Å². The van der Waals surface area contributed by atoms with Gasteiger partial charge in [-0.2, -0.15) is 0 Å². The standard InChI is InChI=1S/C28H22N6O3/c35-28(23-17-9-15-19-10-7-8-16-22(19)23)33-32-27-25(34(36)37)26(29-18-30-27)31-24(20-11-3-1-4-12-20)21-13-5-2-6-14-21/h1-18,24H,(H,33,35)(H2,29,30,31,32). The average Bonchev–Trinajstić information content (AvgIpc) is 2.95. The van der Waals surface area contributed by atoms with Gasteiger partial charge in [0.25, 0.3) is 5.91 Å². The molecule has 1 aromatic heterocycles. The molecule has 1 heterocycles. The number of nitro groups is 1. The number of benzene rings is 4. The summed E-state index contributed by atoms with van der Waals surface area (Å²) < 4.78 is 0. The number of fused-ring (bicyclic) bond motifs is 1. The molecule has 0 saturated heterocycles. The largest absolute Gasteiger partial charge is 0.354 e. The lowest BCUT2D eigenvalue weighted by molar-refractivity contribution is -0.383. The van der Waals surface area contributed by atoms with Gasteiger partial charge in [-0.15, -0.1) is 0 Å². The van der Waals surface area contributed by atoms with Gasteiger partial charge in [-0.05, 0) is 28.0 Å². The van der Waals surface area contributed by atoms with Crippen LogP contribution in [0.25, 0.3) is 10.8 Å². The van der Waals surface area contributed by atoms with E-state index in [9.17, 15) is 14.9 Å². The second-order valence-corrected chi connectivity index (χ2v) is 8.18. The lowest BCUT2D eigenvalue weighted by Gasteiger charge is -2.20. The summed E-state index contributed by atoms with van der Waals surface area (Å²) in [5.74, 6) is -0.582. The van der Waals surface area contributed by atoms with Crippen LogP contribution in [0.15, 0.2) is 109 Å². The van der Waals surface area contributed by atoms with E-state index in [1.165, 1.54) is 6.33 Å². The van der Waals surface area contributed by atoms with Crippen molar-refractivity contribution in [3.05, 3.63) is 136 Å². The molecule has 0 saturated carbocycles. The molecule has 0 aliphatic rings. The first-order valence-electron chi connectivity index (χ1n) is 11.5. The number of carbonyl (C=O) groups excluding carboxylic acids is 1. The summed E-state index contributed by atoms with van der Waals surface area (Å²) in [6, 6.07) is 31.6. The molecule has 5 rings (SSSR count). The fraction of sp³-hybridized carbons (Fsp3) is 0.0357. The summed E-state index contributed by atoms with van der Waals surface area (Å²) >= 11 is 0. The zero-order valence-corrected chi connectivity index (χ0v) is 19.5. The Hall–Kier alpha value is -5.31. The Morgan fingerprint density at radius 1 is 0.757 bits per heavy atom. The van der Waals surface area contributed by atoms with Gasteiger partial charge in [0, 0.05) is 5.56 Å². The highest BCUT2D eigenvalue weighted by Crippen LogP contribution is 2.33. The van der Waals surface area contributed by atoms with E-state index in [1.54, 1.807) is 12.1 Å². The molecule has 0 unspecified atom stereocenters. The van der Waals surface area contributed by atoms with Crippen LogP contribution < -0.4 is 16.2 Å². The van der Waals surface area contributed by atoms with E-state index in [-0.39, 0.29) is 11.6 Å². The Labute approximate surface area is 212 Å². The van der Waals surface area contributed by atoms with Gasteiger partial charge in [-0.25, -0.2) is 9.97 Å². The molecule has 4 aromatic carbocycles. The minimum absolute atomic E-state index is 0.0135. The Balaban J connectivity index is 1.44. The molecule has 0 bridgehead atoms. The van der Waals surface area contributed by atoms with Gasteiger partial charge in [-0.1, -0.05) is 97.1 Å². The van der Waals surface area contributed by atoms with Crippen molar-refractivity contribution < 1.29 is 9.72 Å². The number of nitrogens with zero attached hydrogens (tertiary/aromatic N) is 3. The van der Waals surface area contributed by atoms with Crippen molar-refractivity contribution in [3.63, 3.8) is 0 Å². The van der Waals surface area contributed by atoms with E-state index in [2.05, 4.69) is 26.1 Å². The SMILES string of the molecule is O=C(NNc1ncnc(NC(c2ccccc2)c2ccccc2)c1[N+](=O)[O-])c1cccc2ccccc12. The maximum Gasteiger partial charge on any atom is 0.354 e. The number of hydrazine groups is 1. The molecule has 9 heteroatoms. The predicted octanol–water partition coefficient (Wildman–Crippen LogP) is 5.50. The summed E-state index contributed by atoms with van der Waals surface area (Å²) in [6.07, 6.45) is 1.20. The van der Waals surface area contributed by atoms with Crippen LogP contribution in [0.5, 0.6) is 0 Å². The van der Waals surface area contributed by atoms with Gasteiger partial charge < -0.3 is 5.32 Å². The molecule has 37 heavy (non-hydrogen) atoms. The molecular weight excluding hydrogens is 468 g/mol. The highest BCUT2D eigenvalue weighted by Gasteiger charge is 2.26. The maximum absolute atomic E-state index is 12.9. The lowest BCUT2D eigenvalue weighted by atomic mass is 9.99. The summed E-state index contributed by atoms with van der Waals surface area (Å²) in [7, 11) is 0. The number of hydrogen-bond acceptors (Lipinski definition) is 7. The first kappa shape index (κ1) is 23.4. The van der Waals surface area contributed by atoms with Crippen LogP contribution >= 0.6 is 0 Å². The van der Waals surface area contributed by atoms with E-state index in [4.69, 9.17) is 0 Å². The fourth-order valence-corrected chi connectivity index (χ4v) is 4.14. The maximum atomic E-state index is 12.9. The molecule has 0 fully saturated rings. The number of anilines is 2. The van der Waals surface area contributed by atoms with Crippen molar-refractivity contribution in [2.24, 2.45) is 0 Å². The Bertz CT molecular complexity index is 1520. The van der Waals surface area contributed by atoms with Crippen molar-refractivity contribution >= 4 is 34.0 Å². The first-order chi connectivity index (χ1) is 18.1. The van der Waals surface area contributed by atoms with Crippen molar-refractivity contribution in [1.82, 2.24) is 15.4 Å². The van der Waals surface area contributed by atoms with Gasteiger partial charge in [0.15, 0.2) is 0 Å². The molecule has 3 N–H and O–H groups in total. The van der Waals surface area contributed by atoms with Gasteiger partial charge in [0.05, 0.1) is 11.0 Å². The topological polar surface area (TPSA) is 122 Å². The molecular formula is C28H22N6O3. The summed E-state index contributed by atoms with van der Waals surface area (Å²) in [5.41, 5.74) is 6.99. The number of rotatable bonds is 8. The number of carbonyl (C=O) groups is 1. The smallest absolute Gasteiger partial charge is 0.353 e. The Morgan fingerprint density at radius 3 is 2.03 bits per heavy atom. The zero-order valence-electron chi connectivity index (χ0n) is 19.5. The second kappa shape index (κ2) is 10.5. The zero-order chi connectivity index (χ0) is 25.6. The molecule has 0 radical (unpaired) electrons. The third-order valence-electron chi connectivity index (χ3n) is 5.88. The van der Waals surface area contributed by atoms with Crippen molar-refractivity contribution in [1.29, 1.82) is 0 Å². The quantitative estimate of drug-likeness (QED) is 0.194. The number of hydrogen-bond donors (Lipinski definition) is 3. The van der Waals surface area contributed by atoms with Gasteiger partial charge in [-0.3, -0.25) is 25.8 Å². The van der Waals surface area contributed by atoms with Gasteiger partial charge in [0.1, 0.15) is 6.33 Å². The molecule has 1 amide bonds. The highest BCUT2D eigenvalue weighted by molar-refractivity contribution is 6.07. The Kier molecular flexibility index (Phi) is 6.67. The van der Waals surface area contributed by atoms with Gasteiger partial charge >= 0.3 is 5.69 Å². The summed E-state index contributed by atoms with van der Waals surface area (Å²) in [5, 5.41) is 17.0. The fourth-order valence-electron chi connectivity index (χ4n) is 4.14. The van der Waals surface area contributed by atoms with E-state index < -0.39 is 22.6 Å². The molecule has 0 atom stereocenters. The number of amides is 1. The van der Waals surface area contributed by atoms with Crippen LogP contribution in [0.4, 0.5) is 17.3 Å². The van der Waals surface area contributed by atoms with Crippen molar-refractivity contribution in [2.75, 3.05) is 10.7 Å². The molecule has 5 aromatic rings. The number of aromatic nitrogens is 2. The number of nitrogens with one attached hydrogen (secondary N) is 3. The van der Waals surface area contributed by atoms with Crippen molar-refractivity contribution in [2.45, 2.75) is 6.04 Å². The van der Waals surface area contributed by atoms with E-state index in [0.717, 1.165) is 21.9 Å². The third kappa shape index (κ3) is 5.06. The normalized spacial score (nSPS) is 10.7. The molecule has 0 spiro atoms. The monoisotopic (exact) mass is 490 g/mol. The third-order valence-corrected chi connectivity index (χ3v) is 5.88. The first-order valence-corrected chi connectivity index (χ1v) is 11.5. The minimum atomic E-state index is -0.582. The van der Waals surface area contributed by atoms with Crippen LogP contribution in [-0.4, -0.2) is 20.8 Å². The predicted molar refractivity (Wildman–Crippen MR) is 142 cm³/mol. The molecule has 0 aliphatic carbocycles. The van der Waals surface area contributed by atoms with E-state index in [1.807, 2.05) is 91.0 Å². The summed E-state index contributed by atoms with van der Waals surface area (Å²) in [6.45, 7) is 0. The van der Waals surface area contributed by atoms with Crippen LogP contribution in [0, 0.1) is 10.1 Å². The second-order valence-electron chi connectivity index (χ2n) is 8.18. The van der Waals surface area contributed by atoms with E-state index >= 15 is 0 Å². The lowest BCUT2D eigenvalue weighted by Crippen LogP contribution is -2.30. The van der Waals surface area contributed by atoms with Crippen LogP contribution in [0.2, 0.25) is 0 Å². The Morgan fingerprint density at radius 2 is 1.35 bits per heavy atom. The van der Waals surface area contributed by atoms with Gasteiger partial charge in [0.2, 0.25) is 11.6 Å². The average molecular weight is 491 g/mol. The molecule has 9 nitrogen and oxygen atoms in total.